The van der Waals surface area contributed by atoms with Crippen LogP contribution in [-0.2, 0) is 4.79 Å². The number of carbonyl (C=O) groups excluding carboxylic acids is 1. The molecule has 0 aromatic rings. The highest BCUT2D eigenvalue weighted by atomic mass is 16.2. The molecular weight excluding hydrogens is 152 g/mol. The topological polar surface area (TPSA) is 46.3 Å². The van der Waals surface area contributed by atoms with E-state index in [1.54, 1.807) is 0 Å². The molecule has 1 rings (SSSR count). The number of likely N-dealkylation sites (tertiary alicyclic amines) is 1. The maximum atomic E-state index is 11.3. The van der Waals surface area contributed by atoms with Gasteiger partial charge in [-0.1, -0.05) is 13.3 Å². The zero-order chi connectivity index (χ0) is 8.97. The van der Waals surface area contributed by atoms with Gasteiger partial charge in [0.05, 0.1) is 0 Å². The Morgan fingerprint density at radius 3 is 3.00 bits per heavy atom. The molecule has 0 spiro atoms. The van der Waals surface area contributed by atoms with Gasteiger partial charge in [-0.2, -0.15) is 0 Å². The number of nitrogens with zero attached hydrogens (tertiary/aromatic N) is 1. The van der Waals surface area contributed by atoms with E-state index in [2.05, 4.69) is 6.92 Å². The van der Waals surface area contributed by atoms with Gasteiger partial charge in [0.2, 0.25) is 5.91 Å². The van der Waals surface area contributed by atoms with Crippen molar-refractivity contribution in [3.05, 3.63) is 0 Å². The van der Waals surface area contributed by atoms with Gasteiger partial charge in [0.15, 0.2) is 0 Å². The molecule has 1 aliphatic rings. The second-order valence-corrected chi connectivity index (χ2v) is 3.36. The summed E-state index contributed by atoms with van der Waals surface area (Å²) in [6.07, 6.45) is 4.04. The van der Waals surface area contributed by atoms with Gasteiger partial charge in [0.1, 0.15) is 0 Å². The number of rotatable bonds is 4. The lowest BCUT2D eigenvalue weighted by Gasteiger charge is -2.23. The second-order valence-electron chi connectivity index (χ2n) is 3.36. The predicted molar refractivity (Wildman–Crippen MR) is 48.7 cm³/mol. The molecule has 1 aliphatic heterocycles. The molecule has 1 fully saturated rings. The molecule has 0 aliphatic carbocycles. The van der Waals surface area contributed by atoms with Gasteiger partial charge in [-0.05, 0) is 12.8 Å². The van der Waals surface area contributed by atoms with E-state index in [4.69, 9.17) is 5.73 Å². The van der Waals surface area contributed by atoms with E-state index >= 15 is 0 Å². The van der Waals surface area contributed by atoms with E-state index in [9.17, 15) is 4.79 Å². The smallest absolute Gasteiger partial charge is 0.222 e. The zero-order valence-electron chi connectivity index (χ0n) is 7.75. The highest BCUT2D eigenvalue weighted by Crippen LogP contribution is 2.21. The Morgan fingerprint density at radius 2 is 2.42 bits per heavy atom. The summed E-state index contributed by atoms with van der Waals surface area (Å²) in [6, 6.07) is 0.478. The van der Waals surface area contributed by atoms with Crippen LogP contribution in [0.1, 0.15) is 32.6 Å². The minimum atomic E-state index is 0.291. The van der Waals surface area contributed by atoms with Gasteiger partial charge in [-0.15, -0.1) is 0 Å². The summed E-state index contributed by atoms with van der Waals surface area (Å²) in [6.45, 7) is 3.48. The first-order valence-corrected chi connectivity index (χ1v) is 4.79. The Balaban J connectivity index is 2.45. The van der Waals surface area contributed by atoms with Gasteiger partial charge in [0.25, 0.3) is 0 Å². The lowest BCUT2D eigenvalue weighted by atomic mass is 10.1. The summed E-state index contributed by atoms with van der Waals surface area (Å²) < 4.78 is 0. The average molecular weight is 170 g/mol. The van der Waals surface area contributed by atoms with Crippen LogP contribution in [0.3, 0.4) is 0 Å². The van der Waals surface area contributed by atoms with Gasteiger partial charge in [-0.3, -0.25) is 4.79 Å². The molecule has 1 atom stereocenters. The Labute approximate surface area is 73.9 Å². The highest BCUT2D eigenvalue weighted by Gasteiger charge is 2.28. The fourth-order valence-corrected chi connectivity index (χ4v) is 1.87. The van der Waals surface area contributed by atoms with Crippen molar-refractivity contribution in [2.45, 2.75) is 38.6 Å². The standard InChI is InChI=1S/C9H18N2O/c1-2-3-8-4-5-9(12)11(8)7-6-10/h8H,2-7,10H2,1H3. The quantitative estimate of drug-likeness (QED) is 0.676. The minimum Gasteiger partial charge on any atom is -0.338 e. The van der Waals surface area contributed by atoms with Crippen LogP contribution in [0.5, 0.6) is 0 Å². The maximum absolute atomic E-state index is 11.3. The van der Waals surface area contributed by atoms with Crippen LogP contribution in [-0.4, -0.2) is 29.9 Å². The third-order valence-corrected chi connectivity index (χ3v) is 2.44. The summed E-state index contributed by atoms with van der Waals surface area (Å²) in [5.41, 5.74) is 5.44. The first kappa shape index (κ1) is 9.52. The van der Waals surface area contributed by atoms with Crippen molar-refractivity contribution in [3.8, 4) is 0 Å². The molecule has 70 valence electrons. The first-order chi connectivity index (χ1) is 5.79. The first-order valence-electron chi connectivity index (χ1n) is 4.79. The molecule has 0 radical (unpaired) electrons. The summed E-state index contributed by atoms with van der Waals surface area (Å²) in [4.78, 5) is 13.3. The SMILES string of the molecule is CCCC1CCC(=O)N1CCN. The molecule has 3 heteroatoms. The molecule has 1 amide bonds. The summed E-state index contributed by atoms with van der Waals surface area (Å²) in [5, 5.41) is 0. The average Bonchev–Trinajstić information content (AvgIpc) is 2.37. The van der Waals surface area contributed by atoms with Crippen LogP contribution >= 0.6 is 0 Å². The number of nitrogens with two attached hydrogens (primary N) is 1. The molecule has 1 saturated heterocycles. The van der Waals surface area contributed by atoms with Crippen LogP contribution in [0.25, 0.3) is 0 Å². The van der Waals surface area contributed by atoms with E-state index in [1.165, 1.54) is 0 Å². The minimum absolute atomic E-state index is 0.291. The monoisotopic (exact) mass is 170 g/mol. The van der Waals surface area contributed by atoms with Crippen molar-refractivity contribution in [2.24, 2.45) is 5.73 Å². The third-order valence-electron chi connectivity index (χ3n) is 2.44. The molecule has 0 bridgehead atoms. The van der Waals surface area contributed by atoms with Crippen molar-refractivity contribution < 1.29 is 4.79 Å². The van der Waals surface area contributed by atoms with E-state index < -0.39 is 0 Å². The lowest BCUT2D eigenvalue weighted by Crippen LogP contribution is -2.36. The third kappa shape index (κ3) is 1.97. The van der Waals surface area contributed by atoms with Crippen molar-refractivity contribution in [3.63, 3.8) is 0 Å². The predicted octanol–water partition coefficient (Wildman–Crippen LogP) is 0.736. The molecule has 1 unspecified atom stereocenters. The van der Waals surface area contributed by atoms with E-state index in [0.29, 0.717) is 18.5 Å². The molecule has 2 N–H and O–H groups in total. The molecule has 1 heterocycles. The largest absolute Gasteiger partial charge is 0.338 e. The Hall–Kier alpha value is -0.570. The Bertz CT molecular complexity index is 159. The molecule has 12 heavy (non-hydrogen) atoms. The molecule has 0 aromatic carbocycles. The summed E-state index contributed by atoms with van der Waals surface area (Å²) >= 11 is 0. The number of amides is 1. The van der Waals surface area contributed by atoms with E-state index in [0.717, 1.165) is 32.2 Å². The van der Waals surface area contributed by atoms with Crippen LogP contribution in [0.4, 0.5) is 0 Å². The van der Waals surface area contributed by atoms with Gasteiger partial charge in [0, 0.05) is 25.6 Å². The number of hydrogen-bond donors (Lipinski definition) is 1. The van der Waals surface area contributed by atoms with Crippen LogP contribution in [0.15, 0.2) is 0 Å². The van der Waals surface area contributed by atoms with Gasteiger partial charge >= 0.3 is 0 Å². The summed E-state index contributed by atoms with van der Waals surface area (Å²) in [7, 11) is 0. The van der Waals surface area contributed by atoms with E-state index in [1.807, 2.05) is 4.90 Å². The van der Waals surface area contributed by atoms with Crippen molar-refractivity contribution >= 4 is 5.91 Å². The normalized spacial score (nSPS) is 23.7. The van der Waals surface area contributed by atoms with Crippen LogP contribution < -0.4 is 5.73 Å². The fraction of sp³-hybridized carbons (Fsp3) is 0.889. The second kappa shape index (κ2) is 4.45. The molecule has 0 aromatic heterocycles. The van der Waals surface area contributed by atoms with Gasteiger partial charge in [-0.25, -0.2) is 0 Å². The summed E-state index contributed by atoms with van der Waals surface area (Å²) in [5.74, 6) is 0.291. The highest BCUT2D eigenvalue weighted by molar-refractivity contribution is 5.78. The van der Waals surface area contributed by atoms with Crippen molar-refractivity contribution in [1.82, 2.24) is 4.90 Å². The van der Waals surface area contributed by atoms with Crippen molar-refractivity contribution in [2.75, 3.05) is 13.1 Å². The van der Waals surface area contributed by atoms with Crippen molar-refractivity contribution in [1.29, 1.82) is 0 Å². The zero-order valence-corrected chi connectivity index (χ0v) is 7.75. The maximum Gasteiger partial charge on any atom is 0.222 e. The molecular formula is C9H18N2O. The number of hydrogen-bond acceptors (Lipinski definition) is 2. The van der Waals surface area contributed by atoms with Crippen LogP contribution in [0, 0.1) is 0 Å². The molecule has 0 saturated carbocycles. The fourth-order valence-electron chi connectivity index (χ4n) is 1.87. The number of carbonyl (C=O) groups is 1. The van der Waals surface area contributed by atoms with Crippen LogP contribution in [0.2, 0.25) is 0 Å². The van der Waals surface area contributed by atoms with E-state index in [-0.39, 0.29) is 0 Å². The lowest BCUT2D eigenvalue weighted by molar-refractivity contribution is -0.128. The van der Waals surface area contributed by atoms with Gasteiger partial charge < -0.3 is 10.6 Å². The Morgan fingerprint density at radius 1 is 1.67 bits per heavy atom. The Kier molecular flexibility index (Phi) is 3.53. The molecule has 3 nitrogen and oxygen atoms in total.